The number of cyclic esters (lactones) is 1. The molecule has 1 fully saturated rings. The molecule has 7 heteroatoms. The predicted molar refractivity (Wildman–Crippen MR) is 68.1 cm³/mol. The molecule has 0 atom stereocenters. The molecule has 0 unspecified atom stereocenters. The van der Waals surface area contributed by atoms with Crippen molar-refractivity contribution in [2.45, 2.75) is 19.6 Å². The molecule has 3 rings (SSSR count). The van der Waals surface area contributed by atoms with Crippen molar-refractivity contribution in [1.29, 1.82) is 0 Å². The second-order valence-corrected chi connectivity index (χ2v) is 5.10. The van der Waals surface area contributed by atoms with Crippen LogP contribution < -0.4 is 15.3 Å². The number of carbonyl (C=O) groups is 1. The van der Waals surface area contributed by atoms with E-state index >= 15 is 0 Å². The van der Waals surface area contributed by atoms with Crippen molar-refractivity contribution in [1.82, 2.24) is 0 Å². The van der Waals surface area contributed by atoms with Gasteiger partial charge in [-0.1, -0.05) is 0 Å². The van der Waals surface area contributed by atoms with Gasteiger partial charge in [-0.2, -0.15) is 0 Å². The third-order valence-corrected chi connectivity index (χ3v) is 3.12. The first-order chi connectivity index (χ1) is 9.46. The normalized spacial score (nSPS) is 20.9. The summed E-state index contributed by atoms with van der Waals surface area (Å²) < 4.78 is 21.0. The molecule has 108 valence electrons. The molecule has 0 N–H and O–H groups in total. The maximum absolute atomic E-state index is 11.9. The van der Waals surface area contributed by atoms with Crippen molar-refractivity contribution < 1.29 is 23.4 Å². The molecule has 1 aromatic heterocycles. The first kappa shape index (κ1) is 13.0. The van der Waals surface area contributed by atoms with E-state index in [9.17, 15) is 9.59 Å². The monoisotopic (exact) mass is 281 g/mol. The maximum Gasteiger partial charge on any atom is 0.356 e. The first-order valence-electron chi connectivity index (χ1n) is 6.39. The van der Waals surface area contributed by atoms with Gasteiger partial charge in [0.25, 0.3) is 0 Å². The van der Waals surface area contributed by atoms with E-state index in [1.54, 1.807) is 19.9 Å². The Balaban J connectivity index is 2.02. The molecule has 0 amide bonds. The highest BCUT2D eigenvalue weighted by Gasteiger charge is 2.37. The van der Waals surface area contributed by atoms with Gasteiger partial charge in [-0.05, 0) is 0 Å². The molecule has 0 saturated carbocycles. The highest BCUT2D eigenvalue weighted by molar-refractivity contribution is 5.93. The summed E-state index contributed by atoms with van der Waals surface area (Å²) in [6, 6.07) is 1.56. The molecular weight excluding hydrogens is 266 g/mol. The molecule has 1 aromatic rings. The number of hydrogen-bond donors (Lipinski definition) is 0. The summed E-state index contributed by atoms with van der Waals surface area (Å²) in [6.45, 7) is 5.59. The molecule has 0 spiro atoms. The minimum absolute atomic E-state index is 0.193. The van der Waals surface area contributed by atoms with Gasteiger partial charge in [0.05, 0.1) is 13.2 Å². The molecule has 2 aliphatic rings. The van der Waals surface area contributed by atoms with Crippen LogP contribution in [-0.4, -0.2) is 38.1 Å². The van der Waals surface area contributed by atoms with Crippen LogP contribution in [0.5, 0.6) is 5.75 Å². The van der Waals surface area contributed by atoms with Gasteiger partial charge in [0.2, 0.25) is 11.7 Å². The van der Waals surface area contributed by atoms with Crippen LogP contribution >= 0.6 is 0 Å². The highest BCUT2D eigenvalue weighted by atomic mass is 16.7. The van der Waals surface area contributed by atoms with E-state index in [1.807, 2.05) is 4.90 Å². The predicted octanol–water partition coefficient (Wildman–Crippen LogP) is 0.762. The standard InChI is InChI=1S/C13H15NO6/c1-13(2)19-8-7-9(14-3-5-17-6-4-14)18-11(15)10(8)12(16)20-13/h7H,3-6H2,1-2H3. The largest absolute Gasteiger partial charge is 0.451 e. The molecule has 0 aliphatic carbocycles. The molecule has 20 heavy (non-hydrogen) atoms. The number of esters is 1. The van der Waals surface area contributed by atoms with Crippen LogP contribution in [0.3, 0.4) is 0 Å². The summed E-state index contributed by atoms with van der Waals surface area (Å²) in [4.78, 5) is 25.6. The number of ether oxygens (including phenoxy) is 3. The van der Waals surface area contributed by atoms with Crippen molar-refractivity contribution >= 4 is 11.9 Å². The summed E-state index contributed by atoms with van der Waals surface area (Å²) in [5, 5.41) is 0. The minimum atomic E-state index is -1.10. The first-order valence-corrected chi connectivity index (χ1v) is 6.39. The fourth-order valence-electron chi connectivity index (χ4n) is 2.22. The number of morpholine rings is 1. The topological polar surface area (TPSA) is 78.2 Å². The highest BCUT2D eigenvalue weighted by Crippen LogP contribution is 2.32. The fraction of sp³-hybridized carbons (Fsp3) is 0.538. The Morgan fingerprint density at radius 1 is 1.15 bits per heavy atom. The number of rotatable bonds is 1. The van der Waals surface area contributed by atoms with Crippen LogP contribution in [0.25, 0.3) is 0 Å². The fourth-order valence-corrected chi connectivity index (χ4v) is 2.22. The Labute approximate surface area is 115 Å². The average molecular weight is 281 g/mol. The van der Waals surface area contributed by atoms with E-state index < -0.39 is 17.4 Å². The summed E-state index contributed by atoms with van der Waals surface area (Å²) in [6.07, 6.45) is 0. The lowest BCUT2D eigenvalue weighted by molar-refractivity contribution is -0.128. The Morgan fingerprint density at radius 2 is 1.85 bits per heavy atom. The lowest BCUT2D eigenvalue weighted by Crippen LogP contribution is -2.42. The van der Waals surface area contributed by atoms with Crippen molar-refractivity contribution in [3.05, 3.63) is 22.0 Å². The number of carbonyl (C=O) groups excluding carboxylic acids is 1. The Hall–Kier alpha value is -2.02. The lowest BCUT2D eigenvalue weighted by Gasteiger charge is -2.32. The Morgan fingerprint density at radius 3 is 2.55 bits per heavy atom. The zero-order chi connectivity index (χ0) is 14.3. The van der Waals surface area contributed by atoms with E-state index in [-0.39, 0.29) is 11.3 Å². The Bertz CT molecular complexity index is 599. The van der Waals surface area contributed by atoms with Gasteiger partial charge in [-0.15, -0.1) is 0 Å². The summed E-state index contributed by atoms with van der Waals surface area (Å²) in [7, 11) is 0. The van der Waals surface area contributed by atoms with Crippen LogP contribution in [0, 0.1) is 0 Å². The van der Waals surface area contributed by atoms with Gasteiger partial charge in [-0.3, -0.25) is 0 Å². The number of fused-ring (bicyclic) bond motifs is 1. The van der Waals surface area contributed by atoms with Gasteiger partial charge in [0, 0.05) is 33.0 Å². The molecule has 2 aliphatic heterocycles. The van der Waals surface area contributed by atoms with Gasteiger partial charge >= 0.3 is 11.6 Å². The summed E-state index contributed by atoms with van der Waals surface area (Å²) in [5.41, 5.74) is -0.939. The molecule has 0 aromatic carbocycles. The Kier molecular flexibility index (Phi) is 2.93. The zero-order valence-corrected chi connectivity index (χ0v) is 11.3. The lowest BCUT2D eigenvalue weighted by atomic mass is 10.2. The van der Waals surface area contributed by atoms with Gasteiger partial charge in [0.1, 0.15) is 0 Å². The number of nitrogens with zero attached hydrogens (tertiary/aromatic N) is 1. The van der Waals surface area contributed by atoms with Crippen molar-refractivity contribution in [3.8, 4) is 5.75 Å². The average Bonchev–Trinajstić information content (AvgIpc) is 2.37. The van der Waals surface area contributed by atoms with E-state index in [0.29, 0.717) is 32.2 Å². The number of anilines is 1. The van der Waals surface area contributed by atoms with Gasteiger partial charge < -0.3 is 23.5 Å². The minimum Gasteiger partial charge on any atom is -0.451 e. The van der Waals surface area contributed by atoms with Crippen molar-refractivity contribution in [2.24, 2.45) is 0 Å². The second kappa shape index (κ2) is 4.52. The second-order valence-electron chi connectivity index (χ2n) is 5.10. The molecule has 0 radical (unpaired) electrons. The van der Waals surface area contributed by atoms with E-state index in [0.717, 1.165) is 0 Å². The van der Waals surface area contributed by atoms with Crippen LogP contribution in [0.15, 0.2) is 15.3 Å². The molecule has 1 saturated heterocycles. The summed E-state index contributed by atoms with van der Waals surface area (Å²) in [5.74, 6) is -1.25. The SMILES string of the molecule is CC1(C)OC(=O)c2c(cc(N3CCOCC3)oc2=O)O1. The van der Waals surface area contributed by atoms with Crippen LogP contribution in [-0.2, 0) is 9.47 Å². The number of hydrogen-bond acceptors (Lipinski definition) is 7. The smallest absolute Gasteiger partial charge is 0.356 e. The summed E-state index contributed by atoms with van der Waals surface area (Å²) >= 11 is 0. The van der Waals surface area contributed by atoms with E-state index in [2.05, 4.69) is 0 Å². The van der Waals surface area contributed by atoms with Crippen LogP contribution in [0.1, 0.15) is 24.2 Å². The van der Waals surface area contributed by atoms with E-state index in [1.165, 1.54) is 0 Å². The van der Waals surface area contributed by atoms with Crippen molar-refractivity contribution in [3.63, 3.8) is 0 Å². The van der Waals surface area contributed by atoms with Gasteiger partial charge in [0.15, 0.2) is 11.3 Å². The third-order valence-electron chi connectivity index (χ3n) is 3.12. The maximum atomic E-state index is 11.9. The molecule has 3 heterocycles. The quantitative estimate of drug-likeness (QED) is 0.703. The zero-order valence-electron chi connectivity index (χ0n) is 11.3. The van der Waals surface area contributed by atoms with Crippen LogP contribution in [0.4, 0.5) is 5.88 Å². The third kappa shape index (κ3) is 2.24. The molecular formula is C13H15NO6. The molecule has 7 nitrogen and oxygen atoms in total. The van der Waals surface area contributed by atoms with Gasteiger partial charge in [-0.25, -0.2) is 9.59 Å². The van der Waals surface area contributed by atoms with E-state index in [4.69, 9.17) is 18.6 Å². The van der Waals surface area contributed by atoms with Crippen LogP contribution in [0.2, 0.25) is 0 Å². The van der Waals surface area contributed by atoms with Crippen molar-refractivity contribution in [2.75, 3.05) is 31.2 Å². The molecule has 0 bridgehead atoms.